The molecule has 0 aromatic carbocycles. The number of rotatable bonds is 1. The fraction of sp³-hybridized carbons (Fsp3) is 0.333. The van der Waals surface area contributed by atoms with Crippen LogP contribution in [0.25, 0.3) is 0 Å². The quantitative estimate of drug-likeness (QED) is 0.504. The molecule has 0 unspecified atom stereocenters. The third-order valence-electron chi connectivity index (χ3n) is 0.642. The van der Waals surface area contributed by atoms with Crippen LogP contribution in [-0.4, -0.2) is 0 Å². The van der Waals surface area contributed by atoms with Crippen LogP contribution in [0.15, 0.2) is 22.2 Å². The maximum absolute atomic E-state index is 5.58. The summed E-state index contributed by atoms with van der Waals surface area (Å²) in [4.78, 5) is 0. The summed E-state index contributed by atoms with van der Waals surface area (Å²) < 4.78 is 0. The van der Waals surface area contributed by atoms with Crippen LogP contribution in [0.5, 0.6) is 0 Å². The first-order valence-electron chi connectivity index (χ1n) is 2.33. The Balaban J connectivity index is 4.00. The van der Waals surface area contributed by atoms with Gasteiger partial charge < -0.3 is 0 Å². The Morgan fingerprint density at radius 3 is 2.00 bits per heavy atom. The SMILES string of the molecule is CC=CC(Cl)=C(C)Cl. The molecule has 0 bridgehead atoms. The van der Waals surface area contributed by atoms with Crippen LogP contribution in [0, 0.1) is 0 Å². The molecule has 0 heterocycles. The average molecular weight is 151 g/mol. The molecule has 0 N–H and O–H groups in total. The Morgan fingerprint density at radius 1 is 1.38 bits per heavy atom. The van der Waals surface area contributed by atoms with Gasteiger partial charge in [-0.05, 0) is 19.9 Å². The van der Waals surface area contributed by atoms with E-state index >= 15 is 0 Å². The van der Waals surface area contributed by atoms with Gasteiger partial charge in [0.25, 0.3) is 0 Å². The highest BCUT2D eigenvalue weighted by molar-refractivity contribution is 6.39. The van der Waals surface area contributed by atoms with E-state index in [4.69, 9.17) is 23.2 Å². The van der Waals surface area contributed by atoms with Gasteiger partial charge in [-0.15, -0.1) is 0 Å². The molecule has 46 valence electrons. The lowest BCUT2D eigenvalue weighted by atomic mass is 10.4. The predicted octanol–water partition coefficient (Wildman–Crippen LogP) is 3.27. The summed E-state index contributed by atoms with van der Waals surface area (Å²) in [5.41, 5.74) is 0. The monoisotopic (exact) mass is 150 g/mol. The molecule has 0 atom stereocenters. The number of hydrogen-bond acceptors (Lipinski definition) is 0. The molecule has 0 aromatic heterocycles. The lowest BCUT2D eigenvalue weighted by molar-refractivity contribution is 1.61. The molecule has 0 spiro atoms. The van der Waals surface area contributed by atoms with Crippen molar-refractivity contribution in [3.8, 4) is 0 Å². The maximum Gasteiger partial charge on any atom is 0.0544 e. The summed E-state index contributed by atoms with van der Waals surface area (Å²) in [5, 5.41) is 1.24. The zero-order chi connectivity index (χ0) is 6.57. The number of halogens is 2. The Hall–Kier alpha value is 0.0600. The van der Waals surface area contributed by atoms with Gasteiger partial charge in [-0.3, -0.25) is 0 Å². The summed E-state index contributed by atoms with van der Waals surface area (Å²) in [7, 11) is 0. The van der Waals surface area contributed by atoms with Crippen LogP contribution in [0.4, 0.5) is 0 Å². The molecular weight excluding hydrogens is 143 g/mol. The first-order chi connectivity index (χ1) is 3.68. The maximum atomic E-state index is 5.58. The Kier molecular flexibility index (Phi) is 4.02. The highest BCUT2D eigenvalue weighted by Gasteiger charge is 1.86. The van der Waals surface area contributed by atoms with E-state index < -0.39 is 0 Å². The molecular formula is C6H8Cl2. The normalized spacial score (nSPS) is 14.5. The van der Waals surface area contributed by atoms with Crippen molar-refractivity contribution in [2.75, 3.05) is 0 Å². The molecule has 0 fully saturated rings. The van der Waals surface area contributed by atoms with Crippen molar-refractivity contribution in [1.82, 2.24) is 0 Å². The first kappa shape index (κ1) is 8.06. The zero-order valence-corrected chi connectivity index (χ0v) is 6.42. The minimum absolute atomic E-state index is 0.606. The van der Waals surface area contributed by atoms with Crippen molar-refractivity contribution < 1.29 is 0 Å². The number of hydrogen-bond donors (Lipinski definition) is 0. The van der Waals surface area contributed by atoms with Crippen molar-refractivity contribution in [1.29, 1.82) is 0 Å². The molecule has 0 radical (unpaired) electrons. The van der Waals surface area contributed by atoms with Crippen LogP contribution in [0.1, 0.15) is 13.8 Å². The van der Waals surface area contributed by atoms with Crippen LogP contribution in [0.3, 0.4) is 0 Å². The number of allylic oxidation sites excluding steroid dienone is 4. The van der Waals surface area contributed by atoms with E-state index in [1.165, 1.54) is 0 Å². The zero-order valence-electron chi connectivity index (χ0n) is 4.91. The van der Waals surface area contributed by atoms with Gasteiger partial charge >= 0.3 is 0 Å². The van der Waals surface area contributed by atoms with E-state index in [0.29, 0.717) is 10.1 Å². The average Bonchev–Trinajstić information content (AvgIpc) is 1.67. The molecule has 0 rings (SSSR count). The van der Waals surface area contributed by atoms with E-state index in [2.05, 4.69) is 0 Å². The second-order valence-electron chi connectivity index (χ2n) is 1.38. The summed E-state index contributed by atoms with van der Waals surface area (Å²) in [6, 6.07) is 0. The van der Waals surface area contributed by atoms with Crippen LogP contribution < -0.4 is 0 Å². The summed E-state index contributed by atoms with van der Waals surface area (Å²) in [5.74, 6) is 0. The summed E-state index contributed by atoms with van der Waals surface area (Å²) >= 11 is 11.1. The van der Waals surface area contributed by atoms with Crippen LogP contribution >= 0.6 is 23.2 Å². The predicted molar refractivity (Wildman–Crippen MR) is 39.2 cm³/mol. The smallest absolute Gasteiger partial charge is 0.0544 e. The fourth-order valence-corrected chi connectivity index (χ4v) is 0.450. The molecule has 0 nitrogen and oxygen atoms in total. The third-order valence-corrected chi connectivity index (χ3v) is 1.35. The summed E-state index contributed by atoms with van der Waals surface area (Å²) in [6.07, 6.45) is 3.60. The van der Waals surface area contributed by atoms with Crippen LogP contribution in [-0.2, 0) is 0 Å². The van der Waals surface area contributed by atoms with Crippen molar-refractivity contribution in [2.45, 2.75) is 13.8 Å². The van der Waals surface area contributed by atoms with E-state index in [9.17, 15) is 0 Å². The lowest BCUT2D eigenvalue weighted by Crippen LogP contribution is -1.63. The molecule has 2 heteroatoms. The van der Waals surface area contributed by atoms with Crippen molar-refractivity contribution in [2.24, 2.45) is 0 Å². The van der Waals surface area contributed by atoms with Gasteiger partial charge in [0.05, 0.1) is 5.03 Å². The second-order valence-corrected chi connectivity index (χ2v) is 2.36. The van der Waals surface area contributed by atoms with Gasteiger partial charge in [-0.2, -0.15) is 0 Å². The van der Waals surface area contributed by atoms with Gasteiger partial charge in [-0.1, -0.05) is 29.3 Å². The highest BCUT2D eigenvalue weighted by Crippen LogP contribution is 2.13. The van der Waals surface area contributed by atoms with E-state index in [1.54, 1.807) is 13.0 Å². The molecule has 0 saturated heterocycles. The third kappa shape index (κ3) is 3.11. The van der Waals surface area contributed by atoms with Gasteiger partial charge in [0, 0.05) is 5.03 Å². The summed E-state index contributed by atoms with van der Waals surface area (Å²) in [6.45, 7) is 3.64. The highest BCUT2D eigenvalue weighted by atomic mass is 35.5. The van der Waals surface area contributed by atoms with Crippen molar-refractivity contribution in [3.63, 3.8) is 0 Å². The fourth-order valence-electron chi connectivity index (χ4n) is 0.261. The Bertz CT molecular complexity index is 118. The minimum atomic E-state index is 0.606. The van der Waals surface area contributed by atoms with Crippen molar-refractivity contribution >= 4 is 23.2 Å². The topological polar surface area (TPSA) is 0 Å². The molecule has 0 aromatic rings. The lowest BCUT2D eigenvalue weighted by Gasteiger charge is -1.86. The first-order valence-corrected chi connectivity index (χ1v) is 3.08. The molecule has 0 aliphatic rings. The van der Waals surface area contributed by atoms with E-state index in [0.717, 1.165) is 0 Å². The second kappa shape index (κ2) is 3.99. The largest absolute Gasteiger partial charge is 0.0878 e. The Labute approximate surface area is 59.8 Å². The molecule has 0 aliphatic carbocycles. The van der Waals surface area contributed by atoms with E-state index in [-0.39, 0.29) is 0 Å². The van der Waals surface area contributed by atoms with Crippen LogP contribution in [0.2, 0.25) is 0 Å². The van der Waals surface area contributed by atoms with Gasteiger partial charge in [0.1, 0.15) is 0 Å². The van der Waals surface area contributed by atoms with Gasteiger partial charge in [0.15, 0.2) is 0 Å². The van der Waals surface area contributed by atoms with Gasteiger partial charge in [-0.25, -0.2) is 0 Å². The molecule has 8 heavy (non-hydrogen) atoms. The minimum Gasteiger partial charge on any atom is -0.0878 e. The molecule has 0 amide bonds. The Morgan fingerprint density at radius 2 is 1.88 bits per heavy atom. The molecule has 0 saturated carbocycles. The standard InChI is InChI=1S/C6H8Cl2/c1-3-4-6(8)5(2)7/h3-4H,1-2H3. The molecule has 0 aliphatic heterocycles. The van der Waals surface area contributed by atoms with Gasteiger partial charge in [0.2, 0.25) is 0 Å². The van der Waals surface area contributed by atoms with E-state index in [1.807, 2.05) is 13.0 Å². The van der Waals surface area contributed by atoms with Crippen molar-refractivity contribution in [3.05, 3.63) is 22.2 Å².